The highest BCUT2D eigenvalue weighted by Gasteiger charge is 2.37. The van der Waals surface area contributed by atoms with Crippen molar-refractivity contribution >= 4 is 23.9 Å². The smallest absolute Gasteiger partial charge is 0.210 e. The maximum absolute atomic E-state index is 11.6. The molecule has 2 fully saturated rings. The van der Waals surface area contributed by atoms with E-state index in [2.05, 4.69) is 46.3 Å². The molecule has 1 amide bonds. The summed E-state index contributed by atoms with van der Waals surface area (Å²) >= 11 is 0. The molecule has 1 saturated carbocycles. The summed E-state index contributed by atoms with van der Waals surface area (Å²) in [6.45, 7) is 3.68. The second-order valence-electron chi connectivity index (χ2n) is 8.89. The van der Waals surface area contributed by atoms with E-state index in [1.807, 2.05) is 23.4 Å². The second kappa shape index (κ2) is 9.04. The van der Waals surface area contributed by atoms with Crippen molar-refractivity contribution < 1.29 is 4.79 Å². The molecule has 5 nitrogen and oxygen atoms in total. The van der Waals surface area contributed by atoms with Gasteiger partial charge in [-0.3, -0.25) is 14.8 Å². The summed E-state index contributed by atoms with van der Waals surface area (Å²) in [5, 5.41) is 0. The summed E-state index contributed by atoms with van der Waals surface area (Å²) in [6.07, 6.45) is 12.7. The maximum Gasteiger partial charge on any atom is 0.210 e. The molecular formula is C26H30N4O. The van der Waals surface area contributed by atoms with Gasteiger partial charge in [-0.2, -0.15) is 0 Å². The largest absolute Gasteiger partial charge is 0.369 e. The number of benzene rings is 1. The van der Waals surface area contributed by atoms with Crippen molar-refractivity contribution in [1.82, 2.24) is 9.88 Å². The molecule has 0 spiro atoms. The summed E-state index contributed by atoms with van der Waals surface area (Å²) in [4.78, 5) is 25.2. The van der Waals surface area contributed by atoms with Crippen LogP contribution in [0.1, 0.15) is 43.2 Å². The van der Waals surface area contributed by atoms with Crippen LogP contribution in [0.3, 0.4) is 0 Å². The number of pyridine rings is 1. The van der Waals surface area contributed by atoms with Gasteiger partial charge in [0.2, 0.25) is 6.41 Å². The van der Waals surface area contributed by atoms with Gasteiger partial charge in [0.25, 0.3) is 0 Å². The van der Waals surface area contributed by atoms with Crippen LogP contribution in [0.15, 0.2) is 59.4 Å². The summed E-state index contributed by atoms with van der Waals surface area (Å²) in [6, 6.07) is 13.3. The minimum atomic E-state index is 0.352. The average molecular weight is 415 g/mol. The minimum absolute atomic E-state index is 0.352. The van der Waals surface area contributed by atoms with Gasteiger partial charge in [0.1, 0.15) is 0 Å². The van der Waals surface area contributed by atoms with Crippen molar-refractivity contribution in [1.29, 1.82) is 0 Å². The molecule has 5 heteroatoms. The quantitative estimate of drug-likeness (QED) is 0.689. The number of aliphatic imine (C=N–C) groups is 1. The van der Waals surface area contributed by atoms with Crippen LogP contribution in [0.25, 0.3) is 6.08 Å². The van der Waals surface area contributed by atoms with E-state index in [-0.39, 0.29) is 0 Å². The molecule has 0 bridgehead atoms. The first kappa shape index (κ1) is 20.0. The molecule has 1 aromatic carbocycles. The highest BCUT2D eigenvalue weighted by Crippen LogP contribution is 2.37. The first-order valence-corrected chi connectivity index (χ1v) is 11.5. The normalized spacial score (nSPS) is 23.4. The molecule has 31 heavy (non-hydrogen) atoms. The number of hydrogen-bond donors (Lipinski definition) is 0. The molecular weight excluding hydrogens is 384 g/mol. The van der Waals surface area contributed by atoms with Crippen LogP contribution in [0.5, 0.6) is 0 Å². The fourth-order valence-corrected chi connectivity index (χ4v) is 4.91. The van der Waals surface area contributed by atoms with Gasteiger partial charge in [0, 0.05) is 49.8 Å². The maximum atomic E-state index is 11.6. The number of hydrogen-bond acceptors (Lipinski definition) is 4. The van der Waals surface area contributed by atoms with Gasteiger partial charge in [0.15, 0.2) is 0 Å². The number of nitrogens with zero attached hydrogens (tertiary/aromatic N) is 4. The van der Waals surface area contributed by atoms with Crippen LogP contribution >= 0.6 is 0 Å². The van der Waals surface area contributed by atoms with E-state index in [1.54, 1.807) is 0 Å². The molecule has 1 atom stereocenters. The van der Waals surface area contributed by atoms with Crippen molar-refractivity contribution in [2.75, 3.05) is 31.1 Å². The van der Waals surface area contributed by atoms with Crippen molar-refractivity contribution in [3.05, 3.63) is 65.5 Å². The van der Waals surface area contributed by atoms with Crippen molar-refractivity contribution in [2.45, 2.75) is 38.1 Å². The Hall–Kier alpha value is -2.95. The average Bonchev–Trinajstić information content (AvgIpc) is 3.67. The third-order valence-corrected chi connectivity index (χ3v) is 6.67. The van der Waals surface area contributed by atoms with Gasteiger partial charge < -0.3 is 9.80 Å². The Labute approximate surface area is 184 Å². The predicted molar refractivity (Wildman–Crippen MR) is 125 cm³/mol. The summed E-state index contributed by atoms with van der Waals surface area (Å²) in [5.74, 6) is 0.677. The molecule has 1 aromatic heterocycles. The molecule has 3 aliphatic rings. The van der Waals surface area contributed by atoms with Crippen LogP contribution in [0, 0.1) is 5.92 Å². The fraction of sp³-hybridized carbons (Fsp3) is 0.423. The molecule has 2 aromatic rings. The lowest BCUT2D eigenvalue weighted by atomic mass is 9.95. The standard InChI is InChI=1S/C26H30N4O/c31-19-30-14-4-13-29(18-25(30)21-9-10-21)24-8-1-5-20(16-24)15-22-6-3-12-28-26(22)23-7-2-11-27-17-23/h1-2,5,7-8,11,15-17,19,21,25H,3-4,6,9-10,12-14,18H2. The van der Waals surface area contributed by atoms with Crippen LogP contribution in [-0.4, -0.2) is 54.2 Å². The summed E-state index contributed by atoms with van der Waals surface area (Å²) in [5.41, 5.74) is 5.93. The molecule has 1 unspecified atom stereocenters. The SMILES string of the molecule is O=CN1CCCN(c2cccc(C=C3CCCN=C3c3cccnc3)c2)CC1C1CC1. The van der Waals surface area contributed by atoms with E-state index < -0.39 is 0 Å². The lowest BCUT2D eigenvalue weighted by molar-refractivity contribution is -0.120. The Morgan fingerprint density at radius 2 is 2.00 bits per heavy atom. The molecule has 1 saturated heterocycles. The van der Waals surface area contributed by atoms with Crippen molar-refractivity contribution in [2.24, 2.45) is 10.9 Å². The summed E-state index contributed by atoms with van der Waals surface area (Å²) < 4.78 is 0. The highest BCUT2D eigenvalue weighted by molar-refractivity contribution is 6.15. The Morgan fingerprint density at radius 3 is 2.81 bits per heavy atom. The molecule has 0 N–H and O–H groups in total. The van der Waals surface area contributed by atoms with Gasteiger partial charge in [-0.15, -0.1) is 0 Å². The van der Waals surface area contributed by atoms with Crippen LogP contribution < -0.4 is 4.90 Å². The van der Waals surface area contributed by atoms with Gasteiger partial charge in [-0.05, 0) is 79.5 Å². The first-order valence-electron chi connectivity index (χ1n) is 11.5. The lowest BCUT2D eigenvalue weighted by Crippen LogP contribution is -2.42. The molecule has 0 radical (unpaired) electrons. The second-order valence-corrected chi connectivity index (χ2v) is 8.89. The molecule has 1 aliphatic carbocycles. The molecule has 160 valence electrons. The zero-order chi connectivity index (χ0) is 21.0. The van der Waals surface area contributed by atoms with E-state index in [4.69, 9.17) is 4.99 Å². The fourth-order valence-electron chi connectivity index (χ4n) is 4.91. The van der Waals surface area contributed by atoms with Crippen LogP contribution in [0.4, 0.5) is 5.69 Å². The molecule has 2 aliphatic heterocycles. The van der Waals surface area contributed by atoms with Crippen molar-refractivity contribution in [3.63, 3.8) is 0 Å². The Morgan fingerprint density at radius 1 is 1.06 bits per heavy atom. The Kier molecular flexibility index (Phi) is 5.83. The predicted octanol–water partition coefficient (Wildman–Crippen LogP) is 4.20. The van der Waals surface area contributed by atoms with Gasteiger partial charge in [-0.1, -0.05) is 12.1 Å². The van der Waals surface area contributed by atoms with Crippen LogP contribution in [-0.2, 0) is 4.79 Å². The lowest BCUT2D eigenvalue weighted by Gasteiger charge is -2.30. The van der Waals surface area contributed by atoms with Crippen molar-refractivity contribution in [3.8, 4) is 0 Å². The van der Waals surface area contributed by atoms with E-state index in [0.717, 1.165) is 63.1 Å². The number of amides is 1. The van der Waals surface area contributed by atoms with E-state index >= 15 is 0 Å². The molecule has 5 rings (SSSR count). The minimum Gasteiger partial charge on any atom is -0.369 e. The zero-order valence-corrected chi connectivity index (χ0v) is 18.0. The summed E-state index contributed by atoms with van der Waals surface area (Å²) in [7, 11) is 0. The first-order chi connectivity index (χ1) is 15.3. The van der Waals surface area contributed by atoms with Gasteiger partial charge in [0.05, 0.1) is 11.8 Å². The zero-order valence-electron chi connectivity index (χ0n) is 18.0. The third kappa shape index (κ3) is 4.55. The number of carbonyl (C=O) groups excluding carboxylic acids is 1. The van der Waals surface area contributed by atoms with E-state index in [1.165, 1.54) is 29.7 Å². The van der Waals surface area contributed by atoms with Gasteiger partial charge >= 0.3 is 0 Å². The van der Waals surface area contributed by atoms with Crippen LogP contribution in [0.2, 0.25) is 0 Å². The topological polar surface area (TPSA) is 48.8 Å². The number of aromatic nitrogens is 1. The Balaban J connectivity index is 1.40. The molecule has 3 heterocycles. The highest BCUT2D eigenvalue weighted by atomic mass is 16.1. The number of allylic oxidation sites excluding steroid dienone is 1. The number of anilines is 1. The van der Waals surface area contributed by atoms with Gasteiger partial charge in [-0.25, -0.2) is 0 Å². The van der Waals surface area contributed by atoms with E-state index in [0.29, 0.717) is 12.0 Å². The van der Waals surface area contributed by atoms with E-state index in [9.17, 15) is 4.79 Å². The number of carbonyl (C=O) groups is 1. The Bertz CT molecular complexity index is 980. The number of rotatable bonds is 5. The third-order valence-electron chi connectivity index (χ3n) is 6.67. The monoisotopic (exact) mass is 414 g/mol.